The molecule has 0 aliphatic carbocycles. The average molecular weight is 384 g/mol. The van der Waals surface area contributed by atoms with E-state index in [1.165, 1.54) is 26.3 Å². The number of halogens is 1. The van der Waals surface area contributed by atoms with Gasteiger partial charge in [-0.15, -0.1) is 0 Å². The molecule has 0 saturated heterocycles. The van der Waals surface area contributed by atoms with Crippen LogP contribution in [-0.4, -0.2) is 28.5 Å². The molecule has 2 aromatic carbocycles. The summed E-state index contributed by atoms with van der Waals surface area (Å²) in [5.74, 6) is -0.701. The molecule has 0 saturated carbocycles. The first kappa shape index (κ1) is 16.5. The SMILES string of the molecule is COC(=O)c1ccc(Br)cc1S(=O)(=O)N(C)c1ccccc1. The molecule has 0 heterocycles. The molecule has 0 N–H and O–H groups in total. The lowest BCUT2D eigenvalue weighted by Crippen LogP contribution is -2.28. The zero-order chi connectivity index (χ0) is 16.3. The van der Waals surface area contributed by atoms with E-state index < -0.39 is 16.0 Å². The summed E-state index contributed by atoms with van der Waals surface area (Å²) >= 11 is 3.23. The highest BCUT2D eigenvalue weighted by molar-refractivity contribution is 9.10. The predicted octanol–water partition coefficient (Wildman–Crippen LogP) is 3.06. The minimum atomic E-state index is -3.90. The Morgan fingerprint density at radius 2 is 1.77 bits per heavy atom. The second-order valence-corrected chi connectivity index (χ2v) is 7.29. The van der Waals surface area contributed by atoms with Gasteiger partial charge in [0.25, 0.3) is 10.0 Å². The van der Waals surface area contributed by atoms with Crippen molar-refractivity contribution in [2.75, 3.05) is 18.5 Å². The predicted molar refractivity (Wildman–Crippen MR) is 87.5 cm³/mol. The third-order valence-corrected chi connectivity index (χ3v) is 5.43. The molecule has 22 heavy (non-hydrogen) atoms. The van der Waals surface area contributed by atoms with Gasteiger partial charge in [0.1, 0.15) is 4.90 Å². The Morgan fingerprint density at radius 3 is 2.36 bits per heavy atom. The van der Waals surface area contributed by atoms with Crippen molar-refractivity contribution in [1.29, 1.82) is 0 Å². The Morgan fingerprint density at radius 1 is 1.14 bits per heavy atom. The standard InChI is InChI=1S/C15H14BrNO4S/c1-17(12-6-4-3-5-7-12)22(19,20)14-10-11(16)8-9-13(14)15(18)21-2/h3-10H,1-2H3. The summed E-state index contributed by atoms with van der Waals surface area (Å²) in [4.78, 5) is 11.7. The van der Waals surface area contributed by atoms with Crippen molar-refractivity contribution in [1.82, 2.24) is 0 Å². The van der Waals surface area contributed by atoms with Crippen LogP contribution in [0.2, 0.25) is 0 Å². The summed E-state index contributed by atoms with van der Waals surface area (Å²) in [5, 5.41) is 0. The molecule has 0 aliphatic heterocycles. The highest BCUT2D eigenvalue weighted by Gasteiger charge is 2.27. The molecular weight excluding hydrogens is 370 g/mol. The quantitative estimate of drug-likeness (QED) is 0.761. The van der Waals surface area contributed by atoms with Gasteiger partial charge >= 0.3 is 5.97 Å². The van der Waals surface area contributed by atoms with E-state index >= 15 is 0 Å². The van der Waals surface area contributed by atoms with E-state index in [1.54, 1.807) is 36.4 Å². The number of methoxy groups -OCH3 is 1. The van der Waals surface area contributed by atoms with Crippen LogP contribution >= 0.6 is 15.9 Å². The Balaban J connectivity index is 2.59. The van der Waals surface area contributed by atoms with Crippen LogP contribution in [0.3, 0.4) is 0 Å². The molecule has 0 fully saturated rings. The van der Waals surface area contributed by atoms with E-state index in [4.69, 9.17) is 0 Å². The molecule has 2 rings (SSSR count). The number of ether oxygens (including phenoxy) is 1. The van der Waals surface area contributed by atoms with Crippen LogP contribution in [0.25, 0.3) is 0 Å². The molecule has 5 nitrogen and oxygen atoms in total. The highest BCUT2D eigenvalue weighted by atomic mass is 79.9. The average Bonchev–Trinajstić information content (AvgIpc) is 2.54. The molecule has 0 amide bonds. The van der Waals surface area contributed by atoms with Gasteiger partial charge in [-0.25, -0.2) is 13.2 Å². The van der Waals surface area contributed by atoms with Gasteiger partial charge in [0.05, 0.1) is 18.4 Å². The van der Waals surface area contributed by atoms with Crippen molar-refractivity contribution in [2.24, 2.45) is 0 Å². The van der Waals surface area contributed by atoms with Crippen molar-refractivity contribution < 1.29 is 17.9 Å². The van der Waals surface area contributed by atoms with Gasteiger partial charge in [0.2, 0.25) is 0 Å². The maximum absolute atomic E-state index is 12.8. The van der Waals surface area contributed by atoms with E-state index in [2.05, 4.69) is 20.7 Å². The molecule has 0 aromatic heterocycles. The summed E-state index contributed by atoms with van der Waals surface area (Å²) in [7, 11) is -1.25. The number of hydrogen-bond acceptors (Lipinski definition) is 4. The molecule has 0 aliphatic rings. The first-order chi connectivity index (χ1) is 10.4. The van der Waals surface area contributed by atoms with Gasteiger partial charge in [-0.2, -0.15) is 0 Å². The van der Waals surface area contributed by atoms with Gasteiger partial charge in [0.15, 0.2) is 0 Å². The number of rotatable bonds is 4. The van der Waals surface area contributed by atoms with Crippen molar-refractivity contribution in [2.45, 2.75) is 4.90 Å². The Labute approximate surface area is 137 Å². The van der Waals surface area contributed by atoms with E-state index in [1.807, 2.05) is 0 Å². The minimum absolute atomic E-state index is 0.00604. The second-order valence-electron chi connectivity index (χ2n) is 4.44. The van der Waals surface area contributed by atoms with Crippen LogP contribution < -0.4 is 4.31 Å². The number of esters is 1. The number of hydrogen-bond donors (Lipinski definition) is 0. The summed E-state index contributed by atoms with van der Waals surface area (Å²) < 4.78 is 32.0. The lowest BCUT2D eigenvalue weighted by atomic mass is 10.2. The second kappa shape index (κ2) is 6.50. The smallest absolute Gasteiger partial charge is 0.339 e. The molecule has 7 heteroatoms. The van der Waals surface area contributed by atoms with Crippen molar-refractivity contribution in [3.8, 4) is 0 Å². The topological polar surface area (TPSA) is 63.7 Å². The van der Waals surface area contributed by atoms with Crippen molar-refractivity contribution in [3.05, 3.63) is 58.6 Å². The third-order valence-electron chi connectivity index (χ3n) is 3.11. The molecule has 0 bridgehead atoms. The molecule has 116 valence electrons. The first-order valence-electron chi connectivity index (χ1n) is 6.30. The zero-order valence-corrected chi connectivity index (χ0v) is 14.4. The highest BCUT2D eigenvalue weighted by Crippen LogP contribution is 2.27. The fourth-order valence-electron chi connectivity index (χ4n) is 1.91. The molecule has 0 radical (unpaired) electrons. The zero-order valence-electron chi connectivity index (χ0n) is 12.0. The lowest BCUT2D eigenvalue weighted by Gasteiger charge is -2.21. The van der Waals surface area contributed by atoms with Crippen LogP contribution in [0, 0.1) is 0 Å². The fourth-order valence-corrected chi connectivity index (χ4v) is 3.82. The third kappa shape index (κ3) is 3.15. The van der Waals surface area contributed by atoms with E-state index in [0.717, 1.165) is 4.31 Å². The summed E-state index contributed by atoms with van der Waals surface area (Å²) in [6.07, 6.45) is 0. The minimum Gasteiger partial charge on any atom is -0.465 e. The van der Waals surface area contributed by atoms with Gasteiger partial charge in [-0.1, -0.05) is 34.1 Å². The lowest BCUT2D eigenvalue weighted by molar-refractivity contribution is 0.0596. The molecule has 0 spiro atoms. The number of carbonyl (C=O) groups is 1. The number of para-hydroxylation sites is 1. The number of carbonyl (C=O) groups excluding carboxylic acids is 1. The normalized spacial score (nSPS) is 11.0. The summed E-state index contributed by atoms with van der Waals surface area (Å²) in [6, 6.07) is 13.0. The number of sulfonamides is 1. The van der Waals surface area contributed by atoms with E-state index in [-0.39, 0.29) is 10.5 Å². The Hall–Kier alpha value is -1.86. The Bertz CT molecular complexity index is 790. The first-order valence-corrected chi connectivity index (χ1v) is 8.53. The van der Waals surface area contributed by atoms with E-state index in [0.29, 0.717) is 10.2 Å². The van der Waals surface area contributed by atoms with Crippen LogP contribution in [0.15, 0.2) is 57.9 Å². The summed E-state index contributed by atoms with van der Waals surface area (Å²) in [5.41, 5.74) is 0.492. The van der Waals surface area contributed by atoms with Gasteiger partial charge in [-0.05, 0) is 30.3 Å². The number of nitrogens with zero attached hydrogens (tertiary/aromatic N) is 1. The molecule has 0 atom stereocenters. The van der Waals surface area contributed by atoms with Gasteiger partial charge < -0.3 is 4.74 Å². The van der Waals surface area contributed by atoms with Gasteiger partial charge in [-0.3, -0.25) is 4.31 Å². The fraction of sp³-hybridized carbons (Fsp3) is 0.133. The Kier molecular flexibility index (Phi) is 4.87. The number of anilines is 1. The number of benzene rings is 2. The summed E-state index contributed by atoms with van der Waals surface area (Å²) in [6.45, 7) is 0. The molecular formula is C15H14BrNO4S. The van der Waals surface area contributed by atoms with Crippen molar-refractivity contribution in [3.63, 3.8) is 0 Å². The van der Waals surface area contributed by atoms with Crippen LogP contribution in [0.5, 0.6) is 0 Å². The molecule has 0 unspecified atom stereocenters. The van der Waals surface area contributed by atoms with Crippen LogP contribution in [0.4, 0.5) is 5.69 Å². The monoisotopic (exact) mass is 383 g/mol. The van der Waals surface area contributed by atoms with Crippen LogP contribution in [-0.2, 0) is 14.8 Å². The van der Waals surface area contributed by atoms with Crippen LogP contribution in [0.1, 0.15) is 10.4 Å². The maximum Gasteiger partial charge on any atom is 0.339 e. The van der Waals surface area contributed by atoms with Gasteiger partial charge in [0, 0.05) is 11.5 Å². The molecule has 2 aromatic rings. The van der Waals surface area contributed by atoms with E-state index in [9.17, 15) is 13.2 Å². The van der Waals surface area contributed by atoms with Crippen molar-refractivity contribution >= 4 is 37.6 Å². The maximum atomic E-state index is 12.8. The largest absolute Gasteiger partial charge is 0.465 e.